The normalized spacial score (nSPS) is 10.4. The summed E-state index contributed by atoms with van der Waals surface area (Å²) >= 11 is 3.45. The molecule has 4 nitrogen and oxygen atoms in total. The third-order valence-electron chi connectivity index (χ3n) is 2.57. The van der Waals surface area contributed by atoms with Gasteiger partial charge in [0, 0.05) is 24.0 Å². The highest BCUT2D eigenvalue weighted by atomic mass is 79.9. The fraction of sp³-hybridized carbons (Fsp3) is 0.231. The zero-order chi connectivity index (χ0) is 13.1. The maximum atomic E-state index is 5.63. The van der Waals surface area contributed by atoms with Gasteiger partial charge >= 0.3 is 6.01 Å². The van der Waals surface area contributed by atoms with Gasteiger partial charge in [-0.3, -0.25) is 0 Å². The first-order valence-electron chi connectivity index (χ1n) is 5.56. The molecule has 1 heterocycles. The Kier molecular flexibility index (Phi) is 3.93. The van der Waals surface area contributed by atoms with E-state index in [-0.39, 0.29) is 0 Å². The van der Waals surface area contributed by atoms with Crippen LogP contribution < -0.4 is 10.5 Å². The van der Waals surface area contributed by atoms with Crippen LogP contribution in [0.2, 0.25) is 0 Å². The lowest BCUT2D eigenvalue weighted by Gasteiger charge is -2.08. The fourth-order valence-corrected chi connectivity index (χ4v) is 2.08. The zero-order valence-corrected chi connectivity index (χ0v) is 11.9. The summed E-state index contributed by atoms with van der Waals surface area (Å²) in [5.74, 6) is 0.695. The first-order valence-corrected chi connectivity index (χ1v) is 6.36. The number of aromatic nitrogens is 2. The lowest BCUT2D eigenvalue weighted by atomic mass is 10.2. The Hall–Kier alpha value is -1.46. The number of ether oxygens (including phenoxy) is 1. The van der Waals surface area contributed by atoms with Crippen LogP contribution in [0.5, 0.6) is 11.8 Å². The lowest BCUT2D eigenvalue weighted by Crippen LogP contribution is -2.03. The summed E-state index contributed by atoms with van der Waals surface area (Å²) in [5.41, 5.74) is 8.48. The number of nitrogens with two attached hydrogens (primary N) is 1. The third kappa shape index (κ3) is 2.86. The molecular weight excluding hydrogens is 294 g/mol. The van der Waals surface area contributed by atoms with E-state index >= 15 is 0 Å². The molecule has 0 spiro atoms. The van der Waals surface area contributed by atoms with E-state index in [0.717, 1.165) is 21.3 Å². The monoisotopic (exact) mass is 307 g/mol. The molecule has 2 aromatic rings. The van der Waals surface area contributed by atoms with Crippen LogP contribution in [0, 0.1) is 13.8 Å². The molecule has 0 bridgehead atoms. The van der Waals surface area contributed by atoms with Crippen molar-refractivity contribution < 1.29 is 4.74 Å². The van der Waals surface area contributed by atoms with Crippen molar-refractivity contribution >= 4 is 15.9 Å². The molecule has 0 aliphatic rings. The minimum Gasteiger partial charge on any atom is -0.423 e. The molecule has 0 fully saturated rings. The van der Waals surface area contributed by atoms with Crippen LogP contribution in [0.15, 0.2) is 28.9 Å². The first kappa shape index (κ1) is 13.0. The van der Waals surface area contributed by atoms with E-state index in [4.69, 9.17) is 10.5 Å². The smallest absolute Gasteiger partial charge is 0.322 e. The predicted molar refractivity (Wildman–Crippen MR) is 73.6 cm³/mol. The van der Waals surface area contributed by atoms with Crippen LogP contribution in [-0.2, 0) is 6.54 Å². The van der Waals surface area contributed by atoms with E-state index in [1.54, 1.807) is 6.20 Å². The Morgan fingerprint density at radius 1 is 1.33 bits per heavy atom. The van der Waals surface area contributed by atoms with E-state index in [1.807, 2.05) is 32.0 Å². The summed E-state index contributed by atoms with van der Waals surface area (Å²) in [7, 11) is 0. The summed E-state index contributed by atoms with van der Waals surface area (Å²) < 4.78 is 6.52. The summed E-state index contributed by atoms with van der Waals surface area (Å²) in [4.78, 5) is 8.40. The van der Waals surface area contributed by atoms with E-state index < -0.39 is 0 Å². The molecule has 18 heavy (non-hydrogen) atoms. The van der Waals surface area contributed by atoms with Crippen LogP contribution in [-0.4, -0.2) is 9.97 Å². The number of hydrogen-bond donors (Lipinski definition) is 1. The molecule has 0 radical (unpaired) electrons. The van der Waals surface area contributed by atoms with Crippen molar-refractivity contribution in [2.75, 3.05) is 0 Å². The van der Waals surface area contributed by atoms with Gasteiger partial charge in [-0.15, -0.1) is 0 Å². The molecular formula is C13H14BrN3O. The molecule has 0 unspecified atom stereocenters. The van der Waals surface area contributed by atoms with E-state index in [9.17, 15) is 0 Å². The first-order chi connectivity index (χ1) is 8.60. The van der Waals surface area contributed by atoms with Crippen molar-refractivity contribution in [3.8, 4) is 11.8 Å². The highest BCUT2D eigenvalue weighted by Crippen LogP contribution is 2.28. The molecule has 0 atom stereocenters. The number of halogens is 1. The Labute approximate surface area is 114 Å². The molecule has 0 saturated heterocycles. The van der Waals surface area contributed by atoms with Crippen molar-refractivity contribution in [1.82, 2.24) is 9.97 Å². The van der Waals surface area contributed by atoms with E-state index in [1.165, 1.54) is 0 Å². The highest BCUT2D eigenvalue weighted by molar-refractivity contribution is 9.10. The molecule has 0 saturated carbocycles. The SMILES string of the molecule is Cc1ccc(Oc2ncc(CN)c(C)n2)c(Br)c1. The Balaban J connectivity index is 2.26. The predicted octanol–water partition coefficient (Wildman–Crippen LogP) is 3.11. The molecule has 1 aromatic carbocycles. The van der Waals surface area contributed by atoms with Crippen LogP contribution >= 0.6 is 15.9 Å². The van der Waals surface area contributed by atoms with Crippen LogP contribution in [0.25, 0.3) is 0 Å². The van der Waals surface area contributed by atoms with Gasteiger partial charge in [0.15, 0.2) is 0 Å². The average molecular weight is 308 g/mol. The lowest BCUT2D eigenvalue weighted by molar-refractivity contribution is 0.437. The highest BCUT2D eigenvalue weighted by Gasteiger charge is 2.07. The summed E-state index contributed by atoms with van der Waals surface area (Å²) in [5, 5.41) is 0. The Morgan fingerprint density at radius 3 is 2.72 bits per heavy atom. The van der Waals surface area contributed by atoms with Gasteiger partial charge in [0.25, 0.3) is 0 Å². The maximum Gasteiger partial charge on any atom is 0.322 e. The Bertz CT molecular complexity index is 572. The number of aryl methyl sites for hydroxylation is 2. The van der Waals surface area contributed by atoms with Gasteiger partial charge in [-0.25, -0.2) is 4.98 Å². The Morgan fingerprint density at radius 2 is 2.11 bits per heavy atom. The van der Waals surface area contributed by atoms with Gasteiger partial charge in [-0.05, 0) is 47.5 Å². The van der Waals surface area contributed by atoms with Crippen molar-refractivity contribution in [3.05, 3.63) is 45.7 Å². The topological polar surface area (TPSA) is 61.0 Å². The van der Waals surface area contributed by atoms with Gasteiger partial charge in [-0.1, -0.05) is 6.07 Å². The third-order valence-corrected chi connectivity index (χ3v) is 3.19. The molecule has 94 valence electrons. The van der Waals surface area contributed by atoms with Crippen LogP contribution in [0.1, 0.15) is 16.8 Å². The van der Waals surface area contributed by atoms with Gasteiger partial charge in [0.2, 0.25) is 0 Å². The van der Waals surface area contributed by atoms with Gasteiger partial charge in [0.05, 0.1) is 4.47 Å². The van der Waals surface area contributed by atoms with Crippen LogP contribution in [0.4, 0.5) is 0 Å². The van der Waals surface area contributed by atoms with E-state index in [0.29, 0.717) is 18.3 Å². The molecule has 0 aliphatic carbocycles. The standard InChI is InChI=1S/C13H14BrN3O/c1-8-3-4-12(11(14)5-8)18-13-16-7-10(6-15)9(2)17-13/h3-5,7H,6,15H2,1-2H3. The average Bonchev–Trinajstić information content (AvgIpc) is 2.33. The largest absolute Gasteiger partial charge is 0.423 e. The molecule has 2 rings (SSSR count). The maximum absolute atomic E-state index is 5.63. The van der Waals surface area contributed by atoms with Crippen molar-refractivity contribution in [1.29, 1.82) is 0 Å². The van der Waals surface area contributed by atoms with Crippen LogP contribution in [0.3, 0.4) is 0 Å². The number of benzene rings is 1. The minimum absolute atomic E-state index is 0.328. The summed E-state index contributed by atoms with van der Waals surface area (Å²) in [6, 6.07) is 6.17. The second-order valence-electron chi connectivity index (χ2n) is 4.00. The minimum atomic E-state index is 0.328. The number of rotatable bonds is 3. The summed E-state index contributed by atoms with van der Waals surface area (Å²) in [6.07, 6.45) is 1.69. The molecule has 5 heteroatoms. The zero-order valence-electron chi connectivity index (χ0n) is 10.3. The van der Waals surface area contributed by atoms with Gasteiger partial charge in [-0.2, -0.15) is 4.98 Å². The molecule has 0 amide bonds. The van der Waals surface area contributed by atoms with Gasteiger partial charge in [0.1, 0.15) is 5.75 Å². The van der Waals surface area contributed by atoms with Crippen molar-refractivity contribution in [2.24, 2.45) is 5.73 Å². The second-order valence-corrected chi connectivity index (χ2v) is 4.86. The molecule has 2 N–H and O–H groups in total. The van der Waals surface area contributed by atoms with Crippen molar-refractivity contribution in [3.63, 3.8) is 0 Å². The summed E-state index contributed by atoms with van der Waals surface area (Å²) in [6.45, 7) is 4.34. The van der Waals surface area contributed by atoms with E-state index in [2.05, 4.69) is 25.9 Å². The molecule has 0 aliphatic heterocycles. The second kappa shape index (κ2) is 5.46. The van der Waals surface area contributed by atoms with Gasteiger partial charge < -0.3 is 10.5 Å². The number of hydrogen-bond acceptors (Lipinski definition) is 4. The number of nitrogens with zero attached hydrogens (tertiary/aromatic N) is 2. The fourth-order valence-electron chi connectivity index (χ4n) is 1.51. The molecule has 1 aromatic heterocycles. The quantitative estimate of drug-likeness (QED) is 0.946. The van der Waals surface area contributed by atoms with Crippen molar-refractivity contribution in [2.45, 2.75) is 20.4 Å².